The number of halogens is 2. The highest BCUT2D eigenvalue weighted by Crippen LogP contribution is 2.64. The maximum absolute atomic E-state index is 16.4. The van der Waals surface area contributed by atoms with E-state index in [1.54, 1.807) is 18.2 Å². The van der Waals surface area contributed by atoms with Crippen molar-refractivity contribution in [3.05, 3.63) is 304 Å². The third-order valence-electron chi connectivity index (χ3n) is 20.5. The zero-order valence-corrected chi connectivity index (χ0v) is 58.6. The second-order valence-corrected chi connectivity index (χ2v) is 32.1. The minimum atomic E-state index is -1.15. The smallest absolute Gasteiger partial charge is 0.145 e. The lowest BCUT2D eigenvalue weighted by Gasteiger charge is -2.37. The van der Waals surface area contributed by atoms with Crippen LogP contribution in [0.5, 0.6) is 0 Å². The van der Waals surface area contributed by atoms with Crippen LogP contribution < -0.4 is 9.80 Å². The largest absolute Gasteiger partial charge is 0.455 e. The van der Waals surface area contributed by atoms with E-state index in [2.05, 4.69) is 306 Å². The Kier molecular flexibility index (Phi) is 14.6. The second kappa shape index (κ2) is 22.5. The Labute approximate surface area is 570 Å². The molecule has 14 aromatic rings. The topological polar surface area (TPSA) is 24.6 Å². The van der Waals surface area contributed by atoms with Gasteiger partial charge < -0.3 is 18.8 Å². The van der Waals surface area contributed by atoms with Crippen LogP contribution in [0.1, 0.15) is 154 Å². The van der Waals surface area contributed by atoms with E-state index in [1.165, 1.54) is 39.9 Å². The maximum Gasteiger partial charge on any atom is 0.145 e. The minimum absolute atomic E-state index is 0.0292. The minimum Gasteiger partial charge on any atom is -0.455 e. The molecule has 6 heteroatoms. The van der Waals surface area contributed by atoms with Crippen LogP contribution in [0, 0.1) is 11.6 Å². The van der Waals surface area contributed by atoms with Crippen molar-refractivity contribution < 1.29 is 13.2 Å². The highest BCUT2D eigenvalue weighted by Gasteiger charge is 2.50. The molecular formula is C91H85F2N3O. The quantitative estimate of drug-likeness (QED) is 0.144. The molecule has 1 aliphatic carbocycles. The highest BCUT2D eigenvalue weighted by atomic mass is 19.1. The van der Waals surface area contributed by atoms with Crippen LogP contribution in [0.4, 0.5) is 42.9 Å². The summed E-state index contributed by atoms with van der Waals surface area (Å²) >= 11 is 0. The van der Waals surface area contributed by atoms with E-state index >= 15 is 8.78 Å². The predicted octanol–water partition coefficient (Wildman–Crippen LogP) is 25.9. The third kappa shape index (κ3) is 10.5. The van der Waals surface area contributed by atoms with Crippen molar-refractivity contribution in [1.29, 1.82) is 0 Å². The number of rotatable bonds is 9. The van der Waals surface area contributed by atoms with Gasteiger partial charge in [-0.05, 0) is 203 Å². The van der Waals surface area contributed by atoms with Crippen LogP contribution in [-0.4, -0.2) is 4.57 Å². The zero-order valence-electron chi connectivity index (χ0n) is 58.6. The molecule has 1 unspecified atom stereocenters. The maximum atomic E-state index is 16.4. The molecule has 0 bridgehead atoms. The number of hydrogen-bond donors (Lipinski definition) is 0. The monoisotopic (exact) mass is 1270 g/mol. The first kappa shape index (κ1) is 63.0. The Bertz CT molecular complexity index is 5420. The Morgan fingerprint density at radius 3 is 1.28 bits per heavy atom. The Morgan fingerprint density at radius 2 is 0.753 bits per heavy atom. The fraction of sp³-hybridized carbons (Fsp3) is 0.231. The molecule has 484 valence electrons. The van der Waals surface area contributed by atoms with Crippen LogP contribution in [0.25, 0.3) is 71.3 Å². The van der Waals surface area contributed by atoms with Gasteiger partial charge in [-0.3, -0.25) is 0 Å². The summed E-state index contributed by atoms with van der Waals surface area (Å²) in [7, 11) is 0. The average molecular weight is 1270 g/mol. The van der Waals surface area contributed by atoms with Gasteiger partial charge in [0, 0.05) is 55.5 Å². The van der Waals surface area contributed by atoms with Gasteiger partial charge in [-0.25, -0.2) is 8.78 Å². The Morgan fingerprint density at radius 1 is 0.330 bits per heavy atom. The molecule has 12 aromatic carbocycles. The molecule has 0 amide bonds. The van der Waals surface area contributed by atoms with E-state index in [0.29, 0.717) is 11.4 Å². The molecule has 2 heterocycles. The number of para-hydroxylation sites is 1. The van der Waals surface area contributed by atoms with Crippen molar-refractivity contribution in [3.63, 3.8) is 0 Å². The van der Waals surface area contributed by atoms with Crippen molar-refractivity contribution in [1.82, 2.24) is 4.57 Å². The molecule has 4 nitrogen and oxygen atoms in total. The SMILES string of the molecule is CC(C)(C)c1ccc(N(c2cccc(F)c2)c2cc3c(c4ccccc24)-c2c(cc(N(c4ccc(C(C)(C)C)cc4)c4cccc(F)c4)c4c2oc2ccccc24)C3(c2ccc(C(C)(C)C)cc2)c2ccc3c(c2)c2cc(C(C)(C)C)ccc2n3-c2ccc(C(C)(C)C)cc2)cc1. The molecular weight excluding hydrogens is 1190 g/mol. The van der Waals surface area contributed by atoms with Gasteiger partial charge in [0.1, 0.15) is 22.8 Å². The molecule has 0 spiro atoms. The molecule has 0 saturated carbocycles. The van der Waals surface area contributed by atoms with Crippen LogP contribution in [0.2, 0.25) is 0 Å². The first-order chi connectivity index (χ1) is 46.1. The van der Waals surface area contributed by atoms with Gasteiger partial charge in [0.25, 0.3) is 0 Å². The second-order valence-electron chi connectivity index (χ2n) is 32.1. The lowest BCUT2D eigenvalue weighted by molar-refractivity contribution is 0.589. The molecule has 15 rings (SSSR count). The van der Waals surface area contributed by atoms with E-state index in [1.807, 2.05) is 24.3 Å². The summed E-state index contributed by atoms with van der Waals surface area (Å²) < 4.78 is 42.8. The van der Waals surface area contributed by atoms with E-state index in [9.17, 15) is 0 Å². The summed E-state index contributed by atoms with van der Waals surface area (Å²) in [6, 6.07) is 86.3. The molecule has 97 heavy (non-hydrogen) atoms. The van der Waals surface area contributed by atoms with Gasteiger partial charge in [0.2, 0.25) is 0 Å². The summed E-state index contributed by atoms with van der Waals surface area (Å²) in [6.07, 6.45) is 0. The number of hydrogen-bond acceptors (Lipinski definition) is 3. The van der Waals surface area contributed by atoms with E-state index in [-0.39, 0.29) is 38.7 Å². The molecule has 2 aromatic heterocycles. The molecule has 0 saturated heterocycles. The number of benzene rings is 12. The van der Waals surface area contributed by atoms with Crippen LogP contribution in [-0.2, 0) is 32.5 Å². The number of aromatic nitrogens is 1. The van der Waals surface area contributed by atoms with E-state index in [4.69, 9.17) is 4.42 Å². The van der Waals surface area contributed by atoms with Crippen LogP contribution in [0.15, 0.2) is 247 Å². The summed E-state index contributed by atoms with van der Waals surface area (Å²) in [5.74, 6) is -0.672. The van der Waals surface area contributed by atoms with Crippen molar-refractivity contribution >= 4 is 88.6 Å². The fourth-order valence-electron chi connectivity index (χ4n) is 15.3. The summed E-state index contributed by atoms with van der Waals surface area (Å²) in [6.45, 7) is 33.9. The first-order valence-electron chi connectivity index (χ1n) is 34.3. The normalized spacial score (nSPS) is 14.5. The Hall–Kier alpha value is -10.0. The van der Waals surface area contributed by atoms with Crippen molar-refractivity contribution in [2.45, 2.75) is 136 Å². The number of fused-ring (bicyclic) bond motifs is 12. The molecule has 0 N–H and O–H groups in total. The molecule has 0 radical (unpaired) electrons. The van der Waals surface area contributed by atoms with Gasteiger partial charge >= 0.3 is 0 Å². The van der Waals surface area contributed by atoms with E-state index < -0.39 is 5.41 Å². The van der Waals surface area contributed by atoms with Gasteiger partial charge in [0.05, 0.1) is 33.2 Å². The molecule has 0 fully saturated rings. The lowest BCUT2D eigenvalue weighted by atomic mass is 9.66. The van der Waals surface area contributed by atoms with Gasteiger partial charge in [0.15, 0.2) is 0 Å². The number of nitrogens with zero attached hydrogens (tertiary/aromatic N) is 3. The first-order valence-corrected chi connectivity index (χ1v) is 34.3. The number of anilines is 6. The van der Waals surface area contributed by atoms with Crippen molar-refractivity contribution in [3.8, 4) is 16.8 Å². The fourth-order valence-corrected chi connectivity index (χ4v) is 15.3. The number of furan rings is 1. The van der Waals surface area contributed by atoms with E-state index in [0.717, 1.165) is 116 Å². The van der Waals surface area contributed by atoms with Crippen molar-refractivity contribution in [2.75, 3.05) is 9.80 Å². The van der Waals surface area contributed by atoms with Crippen LogP contribution >= 0.6 is 0 Å². The van der Waals surface area contributed by atoms with Crippen molar-refractivity contribution in [2.24, 2.45) is 0 Å². The van der Waals surface area contributed by atoms with Gasteiger partial charge in [-0.1, -0.05) is 231 Å². The summed E-state index contributed by atoms with van der Waals surface area (Å²) in [4.78, 5) is 4.49. The van der Waals surface area contributed by atoms with Gasteiger partial charge in [-0.15, -0.1) is 0 Å². The zero-order chi connectivity index (χ0) is 68.0. The highest BCUT2D eigenvalue weighted by molar-refractivity contribution is 6.23. The summed E-state index contributed by atoms with van der Waals surface area (Å²) in [5.41, 5.74) is 20.1. The lowest BCUT2D eigenvalue weighted by Crippen LogP contribution is -2.29. The average Bonchev–Trinajstić information content (AvgIpc) is 1.51. The third-order valence-corrected chi connectivity index (χ3v) is 20.5. The summed E-state index contributed by atoms with van der Waals surface area (Å²) in [5, 5.41) is 6.11. The predicted molar refractivity (Wildman–Crippen MR) is 406 cm³/mol. The molecule has 1 atom stereocenters. The molecule has 0 aliphatic heterocycles. The van der Waals surface area contributed by atoms with Crippen LogP contribution in [0.3, 0.4) is 0 Å². The van der Waals surface area contributed by atoms with Gasteiger partial charge in [-0.2, -0.15) is 0 Å². The standard InChI is InChI=1S/C91H85F2N3O/c1-86(2,3)56-30-32-60(33-31-56)91(62-41-49-78-74(51-62)73-50-61(90(13,14)15)40-48-77(73)96(78)67-46-38-59(39-47-67)89(10,11)12)75-54-79(94(68-24-20-22-63(92)52-68)65-42-34-57(35-43-65)87(4,5)6)70-26-16-17-27-71(70)82(75)84-76(91)55-80(83-72-28-18-19-29-81(72)97-85(83)84)95(69-25-21-23-64(93)53-69)66-44-36-58(37-45-66)88(7,8)9/h16-55H,1-15H3. The Balaban J connectivity index is 1.16. The molecule has 1 aliphatic rings.